The van der Waals surface area contributed by atoms with E-state index in [1.165, 1.54) is 44.1 Å². The first-order valence-electron chi connectivity index (χ1n) is 7.22. The lowest BCUT2D eigenvalue weighted by atomic mass is 10.0. The van der Waals surface area contributed by atoms with E-state index >= 15 is 0 Å². The molecule has 18 heavy (non-hydrogen) atoms. The molecule has 1 aromatic carbocycles. The molecule has 2 rings (SSSR count). The number of unbranched alkanes of at least 4 members (excludes halogenated alkanes) is 5. The normalized spacial score (nSPS) is 21.7. The van der Waals surface area contributed by atoms with Crippen molar-refractivity contribution in [3.63, 3.8) is 0 Å². The first-order chi connectivity index (χ1) is 8.83. The smallest absolute Gasteiger partial charge is 0.124 e. The van der Waals surface area contributed by atoms with Crippen molar-refractivity contribution in [1.82, 2.24) is 0 Å². The molecule has 2 unspecified atom stereocenters. The van der Waals surface area contributed by atoms with E-state index in [-0.39, 0.29) is 0 Å². The highest BCUT2D eigenvalue weighted by Crippen LogP contribution is 2.43. The molecule has 0 aromatic heterocycles. The van der Waals surface area contributed by atoms with Gasteiger partial charge < -0.3 is 4.74 Å². The molecule has 0 N–H and O–H groups in total. The summed E-state index contributed by atoms with van der Waals surface area (Å²) in [5.41, 5.74) is 1.31. The van der Waals surface area contributed by atoms with Gasteiger partial charge in [0, 0.05) is 5.56 Å². The average Bonchev–Trinajstić information content (AvgIpc) is 2.71. The summed E-state index contributed by atoms with van der Waals surface area (Å²) >= 11 is 3.77. The quantitative estimate of drug-likeness (QED) is 0.468. The van der Waals surface area contributed by atoms with E-state index < -0.39 is 0 Å². The van der Waals surface area contributed by atoms with Gasteiger partial charge >= 0.3 is 0 Å². The SMILES string of the molecule is CCCCCCCCC1Oc2ccccc2C1Br. The van der Waals surface area contributed by atoms with Gasteiger partial charge in [-0.1, -0.05) is 73.2 Å². The Morgan fingerprint density at radius 3 is 2.56 bits per heavy atom. The molecule has 0 amide bonds. The molecule has 1 aliphatic rings. The van der Waals surface area contributed by atoms with Gasteiger partial charge in [-0.15, -0.1) is 0 Å². The monoisotopic (exact) mass is 310 g/mol. The number of ether oxygens (including phenoxy) is 1. The van der Waals surface area contributed by atoms with Gasteiger partial charge in [0.25, 0.3) is 0 Å². The first-order valence-corrected chi connectivity index (χ1v) is 8.14. The van der Waals surface area contributed by atoms with E-state index in [0.29, 0.717) is 10.9 Å². The van der Waals surface area contributed by atoms with Gasteiger partial charge in [0.05, 0.1) is 4.83 Å². The molecule has 0 fully saturated rings. The Kier molecular flexibility index (Phi) is 5.55. The van der Waals surface area contributed by atoms with Crippen LogP contribution in [0.5, 0.6) is 5.75 Å². The van der Waals surface area contributed by atoms with Crippen LogP contribution in [0, 0.1) is 0 Å². The molecule has 2 atom stereocenters. The minimum atomic E-state index is 0.327. The van der Waals surface area contributed by atoms with Crippen LogP contribution in [0.3, 0.4) is 0 Å². The van der Waals surface area contributed by atoms with Crippen molar-refractivity contribution in [3.05, 3.63) is 29.8 Å². The van der Waals surface area contributed by atoms with Crippen LogP contribution in [-0.4, -0.2) is 6.10 Å². The molecule has 0 saturated carbocycles. The van der Waals surface area contributed by atoms with Crippen molar-refractivity contribution in [2.75, 3.05) is 0 Å². The molecular formula is C16H23BrO. The van der Waals surface area contributed by atoms with Crippen LogP contribution in [0.1, 0.15) is 62.3 Å². The van der Waals surface area contributed by atoms with Crippen molar-refractivity contribution in [2.45, 2.75) is 62.8 Å². The Labute approximate surface area is 119 Å². The van der Waals surface area contributed by atoms with Crippen molar-refractivity contribution < 1.29 is 4.74 Å². The Morgan fingerprint density at radius 1 is 1.06 bits per heavy atom. The predicted molar refractivity (Wildman–Crippen MR) is 80.5 cm³/mol. The second-order valence-corrected chi connectivity index (χ2v) is 6.14. The van der Waals surface area contributed by atoms with Gasteiger partial charge in [-0.2, -0.15) is 0 Å². The molecular weight excluding hydrogens is 288 g/mol. The number of para-hydroxylation sites is 1. The van der Waals surface area contributed by atoms with Crippen LogP contribution in [-0.2, 0) is 0 Å². The van der Waals surface area contributed by atoms with Crippen molar-refractivity contribution in [2.24, 2.45) is 0 Å². The van der Waals surface area contributed by atoms with Crippen LogP contribution < -0.4 is 4.74 Å². The van der Waals surface area contributed by atoms with Crippen LogP contribution in [0.4, 0.5) is 0 Å². The zero-order chi connectivity index (χ0) is 12.8. The highest BCUT2D eigenvalue weighted by atomic mass is 79.9. The van der Waals surface area contributed by atoms with Gasteiger partial charge in [-0.25, -0.2) is 0 Å². The zero-order valence-electron chi connectivity index (χ0n) is 11.2. The summed E-state index contributed by atoms with van der Waals surface area (Å²) < 4.78 is 6.00. The fourth-order valence-corrected chi connectivity index (χ4v) is 3.32. The third-order valence-corrected chi connectivity index (χ3v) is 4.75. The van der Waals surface area contributed by atoms with Crippen molar-refractivity contribution in [3.8, 4) is 5.75 Å². The van der Waals surface area contributed by atoms with Gasteiger partial charge in [-0.05, 0) is 18.9 Å². The maximum Gasteiger partial charge on any atom is 0.124 e. The summed E-state index contributed by atoms with van der Waals surface area (Å²) in [6.07, 6.45) is 9.59. The molecule has 0 saturated heterocycles. The number of benzene rings is 1. The number of hydrogen-bond donors (Lipinski definition) is 0. The summed E-state index contributed by atoms with van der Waals surface area (Å²) in [5, 5.41) is 0. The Balaban J connectivity index is 1.70. The van der Waals surface area contributed by atoms with Crippen LogP contribution in [0.15, 0.2) is 24.3 Å². The molecule has 1 nitrogen and oxygen atoms in total. The van der Waals surface area contributed by atoms with Crippen LogP contribution >= 0.6 is 15.9 Å². The summed E-state index contributed by atoms with van der Waals surface area (Å²) in [7, 11) is 0. The fourth-order valence-electron chi connectivity index (χ4n) is 2.57. The molecule has 0 bridgehead atoms. The average molecular weight is 311 g/mol. The number of fused-ring (bicyclic) bond motifs is 1. The first kappa shape index (κ1) is 13.9. The highest BCUT2D eigenvalue weighted by Gasteiger charge is 2.31. The fraction of sp³-hybridized carbons (Fsp3) is 0.625. The molecule has 2 heteroatoms. The summed E-state index contributed by atoms with van der Waals surface area (Å²) in [5.74, 6) is 1.07. The van der Waals surface area contributed by atoms with Gasteiger partial charge in [0.1, 0.15) is 11.9 Å². The second-order valence-electron chi connectivity index (χ2n) is 5.15. The standard InChI is InChI=1S/C16H23BrO/c1-2-3-4-5-6-7-12-15-16(17)13-10-8-9-11-14(13)18-15/h8-11,15-16H,2-7,12H2,1H3. The van der Waals surface area contributed by atoms with Gasteiger partial charge in [-0.3, -0.25) is 0 Å². The van der Waals surface area contributed by atoms with Crippen LogP contribution in [0.25, 0.3) is 0 Å². The number of halogens is 1. The van der Waals surface area contributed by atoms with Crippen molar-refractivity contribution in [1.29, 1.82) is 0 Å². The van der Waals surface area contributed by atoms with E-state index in [4.69, 9.17) is 4.74 Å². The lowest BCUT2D eigenvalue weighted by Gasteiger charge is -2.13. The second kappa shape index (κ2) is 7.18. The topological polar surface area (TPSA) is 9.23 Å². The largest absolute Gasteiger partial charge is 0.489 e. The van der Waals surface area contributed by atoms with Crippen LogP contribution in [0.2, 0.25) is 0 Å². The lowest BCUT2D eigenvalue weighted by Crippen LogP contribution is -2.14. The third-order valence-electron chi connectivity index (χ3n) is 3.66. The van der Waals surface area contributed by atoms with Crippen molar-refractivity contribution >= 4 is 15.9 Å². The number of rotatable bonds is 7. The number of hydrogen-bond acceptors (Lipinski definition) is 1. The lowest BCUT2D eigenvalue weighted by molar-refractivity contribution is 0.215. The van der Waals surface area contributed by atoms with E-state index in [0.717, 1.165) is 12.2 Å². The van der Waals surface area contributed by atoms with E-state index in [9.17, 15) is 0 Å². The molecule has 1 heterocycles. The maximum atomic E-state index is 6.00. The molecule has 100 valence electrons. The molecule has 0 aliphatic carbocycles. The minimum Gasteiger partial charge on any atom is -0.489 e. The van der Waals surface area contributed by atoms with E-state index in [1.807, 2.05) is 6.07 Å². The summed E-state index contributed by atoms with van der Waals surface area (Å²) in [6.45, 7) is 2.26. The predicted octanol–water partition coefficient (Wildman–Crippen LogP) is 5.63. The molecule has 1 aromatic rings. The number of alkyl halides is 1. The highest BCUT2D eigenvalue weighted by molar-refractivity contribution is 9.09. The van der Waals surface area contributed by atoms with E-state index in [2.05, 4.69) is 41.1 Å². The molecule has 0 radical (unpaired) electrons. The molecule has 0 spiro atoms. The van der Waals surface area contributed by atoms with Gasteiger partial charge in [0.15, 0.2) is 0 Å². The summed E-state index contributed by atoms with van der Waals surface area (Å²) in [6, 6.07) is 8.37. The molecule has 1 aliphatic heterocycles. The van der Waals surface area contributed by atoms with Gasteiger partial charge in [0.2, 0.25) is 0 Å². The van der Waals surface area contributed by atoms with E-state index in [1.54, 1.807) is 0 Å². The summed E-state index contributed by atoms with van der Waals surface area (Å²) in [4.78, 5) is 0.379. The Morgan fingerprint density at radius 2 is 1.78 bits per heavy atom. The zero-order valence-corrected chi connectivity index (χ0v) is 12.8. The Hall–Kier alpha value is -0.500. The Bertz CT molecular complexity index is 364. The third kappa shape index (κ3) is 3.50. The minimum absolute atomic E-state index is 0.327. The maximum absolute atomic E-state index is 6.00.